The van der Waals surface area contributed by atoms with E-state index in [2.05, 4.69) is 0 Å². The van der Waals surface area contributed by atoms with Gasteiger partial charge in [0.1, 0.15) is 5.82 Å². The summed E-state index contributed by atoms with van der Waals surface area (Å²) in [7, 11) is 0. The van der Waals surface area contributed by atoms with Gasteiger partial charge in [-0.15, -0.1) is 0 Å². The number of hydrogen-bond donors (Lipinski definition) is 0. The van der Waals surface area contributed by atoms with Crippen molar-refractivity contribution in [3.63, 3.8) is 0 Å². The molecule has 2 aliphatic rings. The summed E-state index contributed by atoms with van der Waals surface area (Å²) in [6, 6.07) is 3.11. The molecule has 0 radical (unpaired) electrons. The molecule has 1 saturated carbocycles. The van der Waals surface area contributed by atoms with Gasteiger partial charge >= 0.3 is 0 Å². The van der Waals surface area contributed by atoms with Crippen LogP contribution in [0.15, 0.2) is 12.1 Å². The largest absolute Gasteiger partial charge is 0.331 e. The Bertz CT molecular complexity index is 498. The third-order valence-electron chi connectivity index (χ3n) is 3.75. The van der Waals surface area contributed by atoms with Gasteiger partial charge in [0.25, 0.3) is 5.91 Å². The Hall–Kier alpha value is -1.09. The van der Waals surface area contributed by atoms with E-state index in [4.69, 9.17) is 11.6 Å². The molecule has 0 spiro atoms. The minimum Gasteiger partial charge on any atom is -0.331 e. The second-order valence-corrected chi connectivity index (χ2v) is 5.37. The molecule has 2 nitrogen and oxygen atoms in total. The summed E-state index contributed by atoms with van der Waals surface area (Å²) in [5.74, 6) is -0.0941. The molecule has 0 unspecified atom stereocenters. The highest BCUT2D eigenvalue weighted by Crippen LogP contribution is 2.39. The zero-order valence-electron chi connectivity index (χ0n) is 9.54. The monoisotopic (exact) mass is 253 g/mol. The number of rotatable bonds is 2. The highest BCUT2D eigenvalue weighted by molar-refractivity contribution is 6.30. The molecule has 1 aromatic carbocycles. The SMILES string of the molecule is C[C@@H](C1CC1)N1Cc2cc(Cl)cc(F)c2C1=O. The van der Waals surface area contributed by atoms with Crippen molar-refractivity contribution < 1.29 is 9.18 Å². The number of nitrogens with zero attached hydrogens (tertiary/aromatic N) is 1. The first-order chi connectivity index (χ1) is 8.08. The van der Waals surface area contributed by atoms with Crippen LogP contribution in [0.3, 0.4) is 0 Å². The Morgan fingerprint density at radius 1 is 1.47 bits per heavy atom. The van der Waals surface area contributed by atoms with Crippen LogP contribution in [0, 0.1) is 11.7 Å². The van der Waals surface area contributed by atoms with Gasteiger partial charge in [0.2, 0.25) is 0 Å². The minimum atomic E-state index is -0.497. The fraction of sp³-hybridized carbons (Fsp3) is 0.462. The molecule has 1 amide bonds. The summed E-state index contributed by atoms with van der Waals surface area (Å²) >= 11 is 5.81. The predicted octanol–water partition coefficient (Wildman–Crippen LogP) is 3.23. The van der Waals surface area contributed by atoms with Crippen molar-refractivity contribution in [2.75, 3.05) is 0 Å². The van der Waals surface area contributed by atoms with E-state index in [1.165, 1.54) is 18.9 Å². The number of fused-ring (bicyclic) bond motifs is 1. The van der Waals surface area contributed by atoms with E-state index in [0.717, 1.165) is 0 Å². The van der Waals surface area contributed by atoms with Gasteiger partial charge in [0.15, 0.2) is 0 Å². The summed E-state index contributed by atoms with van der Waals surface area (Å²) in [4.78, 5) is 13.9. The van der Waals surface area contributed by atoms with E-state index >= 15 is 0 Å². The molecule has 1 heterocycles. The van der Waals surface area contributed by atoms with Gasteiger partial charge < -0.3 is 4.90 Å². The van der Waals surface area contributed by atoms with E-state index < -0.39 is 5.82 Å². The van der Waals surface area contributed by atoms with E-state index in [9.17, 15) is 9.18 Å². The van der Waals surface area contributed by atoms with Gasteiger partial charge in [0.05, 0.1) is 5.56 Å². The zero-order chi connectivity index (χ0) is 12.2. The number of halogens is 2. The molecule has 0 bridgehead atoms. The van der Waals surface area contributed by atoms with Crippen molar-refractivity contribution >= 4 is 17.5 Å². The zero-order valence-corrected chi connectivity index (χ0v) is 10.3. The van der Waals surface area contributed by atoms with E-state index in [-0.39, 0.29) is 17.5 Å². The fourth-order valence-electron chi connectivity index (χ4n) is 2.55. The van der Waals surface area contributed by atoms with E-state index in [1.807, 2.05) is 6.92 Å². The maximum absolute atomic E-state index is 13.7. The van der Waals surface area contributed by atoms with Gasteiger partial charge in [-0.3, -0.25) is 4.79 Å². The standard InChI is InChI=1S/C13H13ClFNO/c1-7(8-2-3-8)16-6-9-4-10(14)5-11(15)12(9)13(16)17/h4-5,7-8H,2-3,6H2,1H3/t7-/m0/s1. The van der Waals surface area contributed by atoms with Gasteiger partial charge in [-0.05, 0) is 43.4 Å². The Kier molecular flexibility index (Phi) is 2.40. The lowest BCUT2D eigenvalue weighted by molar-refractivity contribution is 0.0694. The Morgan fingerprint density at radius 2 is 2.18 bits per heavy atom. The van der Waals surface area contributed by atoms with Crippen LogP contribution in [-0.2, 0) is 6.54 Å². The summed E-state index contributed by atoms with van der Waals surface area (Å²) in [5, 5.41) is 0.356. The molecule has 0 saturated heterocycles. The Morgan fingerprint density at radius 3 is 2.82 bits per heavy atom. The van der Waals surface area contributed by atoms with Gasteiger partial charge in [-0.25, -0.2) is 4.39 Å². The van der Waals surface area contributed by atoms with E-state index in [1.54, 1.807) is 11.0 Å². The van der Waals surface area contributed by atoms with Crippen LogP contribution in [0.2, 0.25) is 5.02 Å². The molecule has 1 aliphatic heterocycles. The molecule has 1 fully saturated rings. The molecule has 0 aromatic heterocycles. The van der Waals surface area contributed by atoms with Gasteiger partial charge in [-0.2, -0.15) is 0 Å². The average molecular weight is 254 g/mol. The van der Waals surface area contributed by atoms with Crippen LogP contribution in [0.4, 0.5) is 4.39 Å². The second kappa shape index (κ2) is 3.70. The lowest BCUT2D eigenvalue weighted by Gasteiger charge is -2.23. The molecule has 1 aliphatic carbocycles. The average Bonchev–Trinajstić information content (AvgIpc) is 3.03. The van der Waals surface area contributed by atoms with Crippen molar-refractivity contribution in [2.45, 2.75) is 32.4 Å². The molecule has 1 atom stereocenters. The van der Waals surface area contributed by atoms with Crippen LogP contribution in [-0.4, -0.2) is 16.8 Å². The van der Waals surface area contributed by atoms with Crippen LogP contribution in [0.1, 0.15) is 35.7 Å². The number of hydrogen-bond acceptors (Lipinski definition) is 1. The fourth-order valence-corrected chi connectivity index (χ4v) is 2.78. The second-order valence-electron chi connectivity index (χ2n) is 4.93. The quantitative estimate of drug-likeness (QED) is 0.792. The van der Waals surface area contributed by atoms with Crippen LogP contribution in [0.25, 0.3) is 0 Å². The Balaban J connectivity index is 1.96. The first-order valence-electron chi connectivity index (χ1n) is 5.87. The maximum Gasteiger partial charge on any atom is 0.257 e. The van der Waals surface area contributed by atoms with Crippen molar-refractivity contribution in [3.05, 3.63) is 34.1 Å². The van der Waals surface area contributed by atoms with Crippen molar-refractivity contribution in [1.29, 1.82) is 0 Å². The number of amides is 1. The third-order valence-corrected chi connectivity index (χ3v) is 3.97. The molecule has 1 aromatic rings. The Labute approximate surface area is 104 Å². The maximum atomic E-state index is 13.7. The van der Waals surface area contributed by atoms with Crippen molar-refractivity contribution in [3.8, 4) is 0 Å². The summed E-state index contributed by atoms with van der Waals surface area (Å²) in [5.41, 5.74) is 0.925. The first kappa shape index (κ1) is 11.0. The van der Waals surface area contributed by atoms with Crippen molar-refractivity contribution in [2.24, 2.45) is 5.92 Å². The number of carbonyl (C=O) groups is 1. The smallest absolute Gasteiger partial charge is 0.257 e. The van der Waals surface area contributed by atoms with E-state index in [0.29, 0.717) is 23.0 Å². The topological polar surface area (TPSA) is 20.3 Å². The van der Waals surface area contributed by atoms with Gasteiger partial charge in [0, 0.05) is 17.6 Å². The highest BCUT2D eigenvalue weighted by Gasteiger charge is 2.39. The molecular weight excluding hydrogens is 241 g/mol. The molecule has 17 heavy (non-hydrogen) atoms. The molecule has 90 valence electrons. The van der Waals surface area contributed by atoms with Crippen LogP contribution in [0.5, 0.6) is 0 Å². The molecule has 4 heteroatoms. The molecule has 0 N–H and O–H groups in total. The third kappa shape index (κ3) is 1.73. The lowest BCUT2D eigenvalue weighted by atomic mass is 10.1. The highest BCUT2D eigenvalue weighted by atomic mass is 35.5. The van der Waals surface area contributed by atoms with Gasteiger partial charge in [-0.1, -0.05) is 11.6 Å². The van der Waals surface area contributed by atoms with Crippen LogP contribution < -0.4 is 0 Å². The molecule has 3 rings (SSSR count). The number of benzene rings is 1. The first-order valence-corrected chi connectivity index (χ1v) is 6.24. The summed E-state index contributed by atoms with van der Waals surface area (Å²) in [6.07, 6.45) is 2.34. The predicted molar refractivity (Wildman–Crippen MR) is 63.5 cm³/mol. The minimum absolute atomic E-state index is 0.187. The van der Waals surface area contributed by atoms with Crippen molar-refractivity contribution in [1.82, 2.24) is 4.90 Å². The van der Waals surface area contributed by atoms with Crippen LogP contribution >= 0.6 is 11.6 Å². The number of carbonyl (C=O) groups excluding carboxylic acids is 1. The summed E-state index contributed by atoms with van der Waals surface area (Å²) < 4.78 is 13.7. The summed E-state index contributed by atoms with van der Waals surface area (Å²) in [6.45, 7) is 2.53. The molecular formula is C13H13ClFNO. The normalized spacial score (nSPS) is 20.6. The lowest BCUT2D eigenvalue weighted by Crippen LogP contribution is -2.34.